The maximum atomic E-state index is 13.0. The van der Waals surface area contributed by atoms with Gasteiger partial charge < -0.3 is 15.0 Å². The molecule has 2 aromatic rings. The fourth-order valence-electron chi connectivity index (χ4n) is 3.38. The lowest BCUT2D eigenvalue weighted by molar-refractivity contribution is -0.143. The lowest BCUT2D eigenvalue weighted by Gasteiger charge is -2.19. The maximum Gasteiger partial charge on any atom is 0.416 e. The van der Waals surface area contributed by atoms with E-state index < -0.39 is 47.8 Å². The molecule has 0 aromatic heterocycles. The van der Waals surface area contributed by atoms with Gasteiger partial charge in [0.1, 0.15) is 5.75 Å². The quantitative estimate of drug-likeness (QED) is 0.657. The normalized spacial score (nSPS) is 16.9. The number of carbonyl (C=O) groups is 2. The molecule has 0 radical (unpaired) electrons. The van der Waals surface area contributed by atoms with E-state index in [1.807, 2.05) is 0 Å². The summed E-state index contributed by atoms with van der Waals surface area (Å²) in [5.41, 5.74) is -2.81. The number of rotatable bonds is 5. The number of methoxy groups -OCH3 is 1. The van der Waals surface area contributed by atoms with Crippen LogP contribution in [0.1, 0.15) is 23.1 Å². The van der Waals surface area contributed by atoms with Crippen LogP contribution in [0.3, 0.4) is 0 Å². The zero-order valence-electron chi connectivity index (χ0n) is 16.7. The summed E-state index contributed by atoms with van der Waals surface area (Å²) in [5, 5.41) is 2.63. The Balaban J connectivity index is 1.74. The fourth-order valence-corrected chi connectivity index (χ4v) is 3.38. The van der Waals surface area contributed by atoms with E-state index in [9.17, 15) is 35.9 Å². The highest BCUT2D eigenvalue weighted by Gasteiger charge is 2.38. The monoisotopic (exact) mass is 460 g/mol. The number of ether oxygens (including phenoxy) is 1. The number of hydrogen-bond acceptors (Lipinski definition) is 3. The molecule has 1 saturated heterocycles. The third-order valence-electron chi connectivity index (χ3n) is 4.94. The SMILES string of the molecule is COc1cccc(NC(=O)[C@@H]2CC(=O)N(Cc3cc(C(F)(F)F)cc(C(F)(F)F)c3)C2)c1. The number of alkyl halides is 6. The predicted octanol–water partition coefficient (Wildman–Crippen LogP) is 4.72. The number of anilines is 1. The van der Waals surface area contributed by atoms with Crippen molar-refractivity contribution in [2.24, 2.45) is 5.92 Å². The minimum atomic E-state index is -4.98. The minimum absolute atomic E-state index is 0.0275. The first kappa shape index (κ1) is 23.4. The number of nitrogens with one attached hydrogen (secondary N) is 1. The van der Waals surface area contributed by atoms with E-state index in [2.05, 4.69) is 5.32 Å². The Labute approximate surface area is 179 Å². The Kier molecular flexibility index (Phi) is 6.38. The lowest BCUT2D eigenvalue weighted by atomic mass is 10.0. The summed E-state index contributed by atoms with van der Waals surface area (Å²) in [5.74, 6) is -1.34. The standard InChI is InChI=1S/C21H18F6N2O3/c1-32-17-4-2-3-16(9-17)28-19(31)13-7-18(30)29(11-13)10-12-5-14(20(22,23)24)8-15(6-12)21(25,26)27/h2-6,8-9,13H,7,10-11H2,1H3,(H,28,31)/t13-/m1/s1. The van der Waals surface area contributed by atoms with Crippen molar-refractivity contribution < 1.29 is 40.7 Å². The number of benzene rings is 2. The Hall–Kier alpha value is -3.24. The number of hydrogen-bond donors (Lipinski definition) is 1. The van der Waals surface area contributed by atoms with Crippen molar-refractivity contribution in [3.63, 3.8) is 0 Å². The van der Waals surface area contributed by atoms with E-state index in [1.165, 1.54) is 7.11 Å². The van der Waals surface area contributed by atoms with Gasteiger partial charge in [0.25, 0.3) is 0 Å². The van der Waals surface area contributed by atoms with Gasteiger partial charge in [0.15, 0.2) is 0 Å². The predicted molar refractivity (Wildman–Crippen MR) is 102 cm³/mol. The molecular formula is C21H18F6N2O3. The molecule has 0 unspecified atom stereocenters. The average Bonchev–Trinajstić information content (AvgIpc) is 3.07. The Morgan fingerprint density at radius 2 is 1.69 bits per heavy atom. The van der Waals surface area contributed by atoms with E-state index in [0.717, 1.165) is 4.90 Å². The minimum Gasteiger partial charge on any atom is -0.497 e. The van der Waals surface area contributed by atoms with Gasteiger partial charge in [-0.2, -0.15) is 26.3 Å². The first-order valence-corrected chi connectivity index (χ1v) is 9.38. The highest BCUT2D eigenvalue weighted by Crippen LogP contribution is 2.37. The van der Waals surface area contributed by atoms with Crippen LogP contribution < -0.4 is 10.1 Å². The zero-order chi connectivity index (χ0) is 23.7. The number of likely N-dealkylation sites (tertiary alicyclic amines) is 1. The van der Waals surface area contributed by atoms with Gasteiger partial charge >= 0.3 is 12.4 Å². The van der Waals surface area contributed by atoms with Gasteiger partial charge in [-0.3, -0.25) is 9.59 Å². The summed E-state index contributed by atoms with van der Waals surface area (Å²) >= 11 is 0. The van der Waals surface area contributed by atoms with E-state index in [-0.39, 0.29) is 24.6 Å². The van der Waals surface area contributed by atoms with Crippen molar-refractivity contribution in [3.8, 4) is 5.75 Å². The van der Waals surface area contributed by atoms with E-state index >= 15 is 0 Å². The van der Waals surface area contributed by atoms with Crippen LogP contribution in [0.5, 0.6) is 5.75 Å². The molecule has 0 saturated carbocycles. The van der Waals surface area contributed by atoms with Crippen LogP contribution in [0.4, 0.5) is 32.0 Å². The second kappa shape index (κ2) is 8.71. The van der Waals surface area contributed by atoms with Gasteiger partial charge in [-0.05, 0) is 35.9 Å². The summed E-state index contributed by atoms with van der Waals surface area (Å²) in [6, 6.07) is 7.66. The van der Waals surface area contributed by atoms with Gasteiger partial charge in [0.05, 0.1) is 24.2 Å². The third kappa shape index (κ3) is 5.51. The van der Waals surface area contributed by atoms with Crippen molar-refractivity contribution in [1.82, 2.24) is 4.90 Å². The van der Waals surface area contributed by atoms with E-state index in [4.69, 9.17) is 4.74 Å². The number of nitrogens with zero attached hydrogens (tertiary/aromatic N) is 1. The first-order chi connectivity index (χ1) is 14.9. The molecule has 5 nitrogen and oxygen atoms in total. The molecule has 2 aromatic carbocycles. The van der Waals surface area contributed by atoms with E-state index in [1.54, 1.807) is 24.3 Å². The largest absolute Gasteiger partial charge is 0.497 e. The Morgan fingerprint density at radius 1 is 1.06 bits per heavy atom. The Bertz CT molecular complexity index is 987. The van der Waals surface area contributed by atoms with Crippen LogP contribution in [-0.2, 0) is 28.5 Å². The van der Waals surface area contributed by atoms with Gasteiger partial charge in [0, 0.05) is 31.3 Å². The second-order valence-electron chi connectivity index (χ2n) is 7.31. The summed E-state index contributed by atoms with van der Waals surface area (Å²) in [6.45, 7) is -0.610. The van der Waals surface area contributed by atoms with E-state index in [0.29, 0.717) is 23.6 Å². The van der Waals surface area contributed by atoms with Crippen LogP contribution in [0, 0.1) is 5.92 Å². The van der Waals surface area contributed by atoms with Crippen LogP contribution in [0.2, 0.25) is 0 Å². The smallest absolute Gasteiger partial charge is 0.416 e. The molecule has 3 rings (SSSR count). The van der Waals surface area contributed by atoms with Gasteiger partial charge in [-0.25, -0.2) is 0 Å². The van der Waals surface area contributed by atoms with Crippen molar-refractivity contribution in [2.45, 2.75) is 25.3 Å². The topological polar surface area (TPSA) is 58.6 Å². The molecular weight excluding hydrogens is 442 g/mol. The summed E-state index contributed by atoms with van der Waals surface area (Å²) < 4.78 is 83.3. The molecule has 0 aliphatic carbocycles. The maximum absolute atomic E-state index is 13.0. The molecule has 1 heterocycles. The van der Waals surface area contributed by atoms with Gasteiger partial charge in [0.2, 0.25) is 11.8 Å². The molecule has 2 amide bonds. The zero-order valence-corrected chi connectivity index (χ0v) is 16.7. The molecule has 172 valence electrons. The third-order valence-corrected chi connectivity index (χ3v) is 4.94. The molecule has 1 aliphatic heterocycles. The van der Waals surface area contributed by atoms with Crippen molar-refractivity contribution in [1.29, 1.82) is 0 Å². The number of carbonyl (C=O) groups excluding carboxylic acids is 2. The van der Waals surface area contributed by atoms with Crippen molar-refractivity contribution in [2.75, 3.05) is 19.0 Å². The highest BCUT2D eigenvalue weighted by molar-refractivity contribution is 5.97. The first-order valence-electron chi connectivity index (χ1n) is 9.38. The molecule has 1 fully saturated rings. The number of amides is 2. The molecule has 1 aliphatic rings. The summed E-state index contributed by atoms with van der Waals surface area (Å²) in [7, 11) is 1.45. The van der Waals surface area contributed by atoms with Crippen LogP contribution in [0.25, 0.3) is 0 Å². The van der Waals surface area contributed by atoms with Crippen LogP contribution in [-0.4, -0.2) is 30.4 Å². The summed E-state index contributed by atoms with van der Waals surface area (Å²) in [6.07, 6.45) is -10.2. The highest BCUT2D eigenvalue weighted by atomic mass is 19.4. The fraction of sp³-hybridized carbons (Fsp3) is 0.333. The summed E-state index contributed by atoms with van der Waals surface area (Å²) in [4.78, 5) is 25.9. The van der Waals surface area contributed by atoms with Crippen LogP contribution in [0.15, 0.2) is 42.5 Å². The van der Waals surface area contributed by atoms with Gasteiger partial charge in [-0.1, -0.05) is 6.07 Å². The lowest BCUT2D eigenvalue weighted by Crippen LogP contribution is -2.28. The van der Waals surface area contributed by atoms with Crippen molar-refractivity contribution in [3.05, 3.63) is 59.2 Å². The van der Waals surface area contributed by atoms with Gasteiger partial charge in [-0.15, -0.1) is 0 Å². The molecule has 0 bridgehead atoms. The number of halogens is 6. The molecule has 11 heteroatoms. The van der Waals surface area contributed by atoms with Crippen LogP contribution >= 0.6 is 0 Å². The van der Waals surface area contributed by atoms with Crippen molar-refractivity contribution >= 4 is 17.5 Å². The molecule has 32 heavy (non-hydrogen) atoms. The average molecular weight is 460 g/mol. The molecule has 1 N–H and O–H groups in total. The Morgan fingerprint density at radius 3 is 2.25 bits per heavy atom. The second-order valence-corrected chi connectivity index (χ2v) is 7.31. The molecule has 1 atom stereocenters. The molecule has 0 spiro atoms.